The van der Waals surface area contributed by atoms with E-state index in [1.165, 1.54) is 0 Å². The number of hydrogen-bond donors (Lipinski definition) is 5. The zero-order chi connectivity index (χ0) is 46.4. The van der Waals surface area contributed by atoms with Gasteiger partial charge in [-0.2, -0.15) is 0 Å². The molecule has 0 fully saturated rings. The number of primary amides is 1. The van der Waals surface area contributed by atoms with Crippen molar-refractivity contribution < 1.29 is 66.7 Å². The minimum atomic E-state index is -0.374. The molecule has 0 aromatic heterocycles. The summed E-state index contributed by atoms with van der Waals surface area (Å²) >= 11 is 0. The monoisotopic (exact) mass is 906 g/mol. The first-order chi connectivity index (χ1) is 30.6. The summed E-state index contributed by atoms with van der Waals surface area (Å²) in [5.41, 5.74) is 5.28. The smallest absolute Gasteiger partial charge is 0.234 e. The van der Waals surface area contributed by atoms with Crippen molar-refractivity contribution in [1.82, 2.24) is 21.3 Å². The molecule has 0 aliphatic rings. The third-order valence-electron chi connectivity index (χ3n) is 9.65. The van der Waals surface area contributed by atoms with E-state index in [4.69, 9.17) is 43.6 Å². The van der Waals surface area contributed by atoms with E-state index in [-0.39, 0.29) is 60.0 Å². The molecule has 0 aromatic rings. The number of ether oxygens (including phenoxy) is 8. The van der Waals surface area contributed by atoms with Crippen molar-refractivity contribution >= 4 is 35.2 Å². The van der Waals surface area contributed by atoms with Crippen molar-refractivity contribution in [3.05, 3.63) is 0 Å². The summed E-state index contributed by atoms with van der Waals surface area (Å²) in [6.07, 6.45) is 8.43. The van der Waals surface area contributed by atoms with Crippen LogP contribution in [-0.4, -0.2) is 174 Å². The van der Waals surface area contributed by atoms with E-state index in [2.05, 4.69) is 21.3 Å². The number of nitrogens with one attached hydrogen (secondary N) is 4. The van der Waals surface area contributed by atoms with Crippen molar-refractivity contribution in [2.24, 2.45) is 11.7 Å². The first kappa shape index (κ1) is 59.9. The lowest BCUT2D eigenvalue weighted by molar-refractivity contribution is -0.123. The second kappa shape index (κ2) is 45.4. The largest absolute Gasteiger partial charge is 0.379 e. The maximum absolute atomic E-state index is 12.1. The van der Waals surface area contributed by atoms with Crippen molar-refractivity contribution in [3.63, 3.8) is 0 Å². The Balaban J connectivity index is 3.37. The highest BCUT2D eigenvalue weighted by atomic mass is 16.6. The lowest BCUT2D eigenvalue weighted by Crippen LogP contribution is -2.39. The molecular weight excluding hydrogens is 823 g/mol. The standard InChI is InChI=1S/C44H83N5O14/c1-4-38(37(2)50)11-5-7-18-47-42(53)16-22-57-26-30-61-34-33-60-29-25-56-21-10-13-39(51)12-9-15-41(52)49-20-24-59-28-32-63-36-35-62-31-27-58-23-17-43(54)48-19-8-6-14-40(46-3)44(45)55/h38,40,46H,4-36H2,1-3H3,(H2,45,55)(H,47,53)(H,48,54)(H,49,52)/t38-,40-/m0/s1. The zero-order valence-electron chi connectivity index (χ0n) is 38.8. The molecule has 0 aromatic carbocycles. The number of ketones is 2. The van der Waals surface area contributed by atoms with Gasteiger partial charge in [-0.25, -0.2) is 0 Å². The van der Waals surface area contributed by atoms with Gasteiger partial charge in [0.05, 0.1) is 105 Å². The predicted octanol–water partition coefficient (Wildman–Crippen LogP) is 1.80. The molecule has 0 heterocycles. The van der Waals surface area contributed by atoms with Crippen LogP contribution < -0.4 is 27.0 Å². The van der Waals surface area contributed by atoms with E-state index in [0.717, 1.165) is 38.5 Å². The van der Waals surface area contributed by atoms with Gasteiger partial charge in [0.25, 0.3) is 0 Å². The number of carbonyl (C=O) groups is 6. The highest BCUT2D eigenvalue weighted by Gasteiger charge is 2.12. The number of likely N-dealkylation sites (N-methyl/N-ethyl adjacent to an activating group) is 1. The van der Waals surface area contributed by atoms with E-state index in [9.17, 15) is 28.8 Å². The second-order valence-electron chi connectivity index (χ2n) is 14.9. The van der Waals surface area contributed by atoms with Crippen LogP contribution in [0.3, 0.4) is 0 Å². The van der Waals surface area contributed by atoms with Crippen LogP contribution in [-0.2, 0) is 66.7 Å². The van der Waals surface area contributed by atoms with Crippen LogP contribution in [0, 0.1) is 5.92 Å². The first-order valence-corrected chi connectivity index (χ1v) is 23.0. The number of carbonyl (C=O) groups excluding carboxylic acids is 6. The molecular formula is C44H83N5O14. The molecule has 0 radical (unpaired) electrons. The molecule has 19 nitrogen and oxygen atoms in total. The summed E-state index contributed by atoms with van der Waals surface area (Å²) in [6, 6.07) is -0.343. The zero-order valence-corrected chi connectivity index (χ0v) is 38.8. The molecule has 0 aliphatic carbocycles. The van der Waals surface area contributed by atoms with Crippen LogP contribution in [0.15, 0.2) is 0 Å². The van der Waals surface area contributed by atoms with Gasteiger partial charge in [-0.3, -0.25) is 28.8 Å². The van der Waals surface area contributed by atoms with Crippen LogP contribution >= 0.6 is 0 Å². The molecule has 0 spiro atoms. The first-order valence-electron chi connectivity index (χ1n) is 23.0. The minimum Gasteiger partial charge on any atom is -0.379 e. The Kier molecular flexibility index (Phi) is 43.2. The van der Waals surface area contributed by atoms with Gasteiger partial charge in [-0.05, 0) is 65.3 Å². The predicted molar refractivity (Wildman–Crippen MR) is 237 cm³/mol. The lowest BCUT2D eigenvalue weighted by atomic mass is 9.95. The van der Waals surface area contributed by atoms with Crippen LogP contribution in [0.5, 0.6) is 0 Å². The van der Waals surface area contributed by atoms with Crippen molar-refractivity contribution in [2.45, 2.75) is 110 Å². The molecule has 368 valence electrons. The molecule has 4 amide bonds. The molecule has 63 heavy (non-hydrogen) atoms. The van der Waals surface area contributed by atoms with Gasteiger partial charge in [0, 0.05) is 64.3 Å². The highest BCUT2D eigenvalue weighted by Crippen LogP contribution is 2.13. The number of Topliss-reactive ketones (excluding diaryl/α,β-unsaturated/α-hetero) is 2. The number of hydrogen-bond acceptors (Lipinski definition) is 15. The fourth-order valence-corrected chi connectivity index (χ4v) is 5.89. The fourth-order valence-electron chi connectivity index (χ4n) is 5.89. The summed E-state index contributed by atoms with van der Waals surface area (Å²) in [7, 11) is 1.70. The van der Waals surface area contributed by atoms with Crippen LogP contribution in [0.25, 0.3) is 0 Å². The topological polar surface area (TPSA) is 250 Å². The van der Waals surface area contributed by atoms with Crippen molar-refractivity contribution in [2.75, 3.05) is 132 Å². The van der Waals surface area contributed by atoms with Crippen LogP contribution in [0.4, 0.5) is 0 Å². The summed E-state index contributed by atoms with van der Waals surface area (Å²) in [5.74, 6) is -0.141. The molecule has 0 saturated heterocycles. The molecule has 0 aliphatic heterocycles. The maximum Gasteiger partial charge on any atom is 0.234 e. The number of nitrogens with two attached hydrogens (primary N) is 1. The van der Waals surface area contributed by atoms with Gasteiger partial charge in [0.1, 0.15) is 11.6 Å². The summed E-state index contributed by atoms with van der Waals surface area (Å²) in [6.45, 7) is 11.6. The lowest BCUT2D eigenvalue weighted by Gasteiger charge is -2.11. The number of amides is 4. The average molecular weight is 906 g/mol. The van der Waals surface area contributed by atoms with Gasteiger partial charge < -0.3 is 64.9 Å². The third-order valence-corrected chi connectivity index (χ3v) is 9.65. The fraction of sp³-hybridized carbons (Fsp3) is 0.864. The average Bonchev–Trinajstić information content (AvgIpc) is 3.25. The Bertz CT molecular complexity index is 1080. The third kappa shape index (κ3) is 42.6. The van der Waals surface area contributed by atoms with Crippen molar-refractivity contribution in [3.8, 4) is 0 Å². The van der Waals surface area contributed by atoms with Crippen LogP contribution in [0.1, 0.15) is 104 Å². The Morgan fingerprint density at radius 1 is 0.444 bits per heavy atom. The molecule has 6 N–H and O–H groups in total. The molecule has 0 unspecified atom stereocenters. The normalized spacial score (nSPS) is 12.2. The van der Waals surface area contributed by atoms with Gasteiger partial charge in [-0.15, -0.1) is 0 Å². The minimum absolute atomic E-state index is 0.0423. The van der Waals surface area contributed by atoms with Crippen molar-refractivity contribution in [1.29, 1.82) is 0 Å². The second-order valence-corrected chi connectivity index (χ2v) is 14.9. The van der Waals surface area contributed by atoms with E-state index < -0.39 is 0 Å². The van der Waals surface area contributed by atoms with E-state index >= 15 is 0 Å². The Labute approximate surface area is 376 Å². The van der Waals surface area contributed by atoms with Gasteiger partial charge >= 0.3 is 0 Å². The van der Waals surface area contributed by atoms with E-state index in [1.54, 1.807) is 14.0 Å². The van der Waals surface area contributed by atoms with E-state index in [0.29, 0.717) is 164 Å². The highest BCUT2D eigenvalue weighted by molar-refractivity contribution is 5.80. The SMILES string of the molecule is CC[C@@H](CCCCNC(=O)CCOCCOCCOCCOCCCC(=O)CCCC(=O)NCCOCCOCCOCCOCCC(=O)NCCCC[C@H](NC)C(N)=O)C(C)=O. The van der Waals surface area contributed by atoms with Gasteiger partial charge in [-0.1, -0.05) is 13.3 Å². The molecule has 0 bridgehead atoms. The summed E-state index contributed by atoms with van der Waals surface area (Å²) in [5, 5.41) is 11.4. The van der Waals surface area contributed by atoms with E-state index in [1.807, 2.05) is 6.92 Å². The Hall–Kier alpha value is -3.14. The molecule has 19 heteroatoms. The summed E-state index contributed by atoms with van der Waals surface area (Å²) in [4.78, 5) is 70.6. The molecule has 0 rings (SSSR count). The Morgan fingerprint density at radius 2 is 0.841 bits per heavy atom. The Morgan fingerprint density at radius 3 is 1.29 bits per heavy atom. The molecule has 2 atom stereocenters. The van der Waals surface area contributed by atoms with Gasteiger partial charge in [0.15, 0.2) is 0 Å². The quantitative estimate of drug-likeness (QED) is 0.0546. The number of unbranched alkanes of at least 4 members (excludes halogenated alkanes) is 2. The van der Waals surface area contributed by atoms with Gasteiger partial charge in [0.2, 0.25) is 23.6 Å². The summed E-state index contributed by atoms with van der Waals surface area (Å²) < 4.78 is 43.7. The molecule has 0 saturated carbocycles. The number of rotatable bonds is 49. The maximum atomic E-state index is 12.1. The van der Waals surface area contributed by atoms with Crippen LogP contribution in [0.2, 0.25) is 0 Å².